The monoisotopic (exact) mass is 368 g/mol. The van der Waals surface area contributed by atoms with E-state index in [0.717, 1.165) is 16.8 Å². The molecule has 0 saturated carbocycles. The van der Waals surface area contributed by atoms with Gasteiger partial charge in [-0.05, 0) is 34.7 Å². The van der Waals surface area contributed by atoms with Crippen molar-refractivity contribution in [2.24, 2.45) is 5.92 Å². The van der Waals surface area contributed by atoms with Crippen LogP contribution in [-0.2, 0) is 21.5 Å². The minimum Gasteiger partial charge on any atom is -0.352 e. The molecule has 2 aromatic rings. The maximum atomic E-state index is 13.0. The lowest BCUT2D eigenvalue weighted by molar-refractivity contribution is -0.126. The van der Waals surface area contributed by atoms with Gasteiger partial charge in [0.05, 0.1) is 5.92 Å². The summed E-state index contributed by atoms with van der Waals surface area (Å²) in [5, 5.41) is 2.86. The van der Waals surface area contributed by atoms with Crippen LogP contribution < -0.4 is 10.2 Å². The van der Waals surface area contributed by atoms with E-state index in [1.54, 1.807) is 17.0 Å². The van der Waals surface area contributed by atoms with Gasteiger partial charge in [-0.15, -0.1) is 0 Å². The largest absolute Gasteiger partial charge is 0.352 e. The van der Waals surface area contributed by atoms with Crippen LogP contribution in [0.5, 0.6) is 0 Å². The van der Waals surface area contributed by atoms with Crippen LogP contribution in [0.4, 0.5) is 10.1 Å². The summed E-state index contributed by atoms with van der Waals surface area (Å²) in [6.45, 7) is 7.03. The van der Waals surface area contributed by atoms with Gasteiger partial charge in [0.2, 0.25) is 11.8 Å². The highest BCUT2D eigenvalue weighted by molar-refractivity contribution is 6.01. The van der Waals surface area contributed by atoms with Crippen molar-refractivity contribution in [3.63, 3.8) is 0 Å². The lowest BCUT2D eigenvalue weighted by atomic mass is 9.85. The molecule has 4 nitrogen and oxygen atoms in total. The Morgan fingerprint density at radius 1 is 1.15 bits per heavy atom. The quantitative estimate of drug-likeness (QED) is 0.893. The molecular formula is C22H25FN2O2. The highest BCUT2D eigenvalue weighted by Crippen LogP contribution is 2.35. The van der Waals surface area contributed by atoms with Crippen molar-refractivity contribution in [3.05, 3.63) is 65.5 Å². The minimum absolute atomic E-state index is 0.0337. The highest BCUT2D eigenvalue weighted by atomic mass is 19.1. The van der Waals surface area contributed by atoms with E-state index < -0.39 is 0 Å². The van der Waals surface area contributed by atoms with Crippen LogP contribution in [0.3, 0.4) is 0 Å². The second-order valence-corrected chi connectivity index (χ2v) is 8.02. The summed E-state index contributed by atoms with van der Waals surface area (Å²) in [6, 6.07) is 13.9. The van der Waals surface area contributed by atoms with Crippen molar-refractivity contribution in [1.29, 1.82) is 0 Å². The van der Waals surface area contributed by atoms with Crippen LogP contribution in [0, 0.1) is 11.7 Å². The van der Waals surface area contributed by atoms with E-state index in [9.17, 15) is 14.0 Å². The van der Waals surface area contributed by atoms with Crippen molar-refractivity contribution in [3.8, 4) is 0 Å². The number of anilines is 1. The number of hydrogen-bond acceptors (Lipinski definition) is 2. The molecule has 1 unspecified atom stereocenters. The predicted molar refractivity (Wildman–Crippen MR) is 104 cm³/mol. The number of carbonyl (C=O) groups excluding carboxylic acids is 2. The average Bonchev–Trinajstić information content (AvgIpc) is 3.02. The maximum Gasteiger partial charge on any atom is 0.227 e. The molecule has 0 bridgehead atoms. The molecule has 1 saturated heterocycles. The average molecular weight is 368 g/mol. The third kappa shape index (κ3) is 4.35. The van der Waals surface area contributed by atoms with E-state index >= 15 is 0 Å². The molecule has 1 heterocycles. The molecule has 1 aliphatic rings. The first kappa shape index (κ1) is 19.1. The van der Waals surface area contributed by atoms with E-state index in [1.807, 2.05) is 24.3 Å². The van der Waals surface area contributed by atoms with Gasteiger partial charge < -0.3 is 10.2 Å². The third-order valence-corrected chi connectivity index (χ3v) is 4.88. The smallest absolute Gasteiger partial charge is 0.227 e. The fourth-order valence-electron chi connectivity index (χ4n) is 3.40. The van der Waals surface area contributed by atoms with Crippen LogP contribution in [0.1, 0.15) is 38.3 Å². The normalized spacial score (nSPS) is 17.3. The Labute approximate surface area is 159 Å². The van der Waals surface area contributed by atoms with Crippen molar-refractivity contribution in [2.75, 3.05) is 11.4 Å². The summed E-state index contributed by atoms with van der Waals surface area (Å²) in [7, 11) is 0. The standard InChI is InChI=1S/C22H25FN2O2/c1-22(2,3)18-6-4-5-7-19(18)25-14-16(12-20(25)26)21(27)24-13-15-8-10-17(23)11-9-15/h4-11,16H,12-14H2,1-3H3,(H,24,27). The molecule has 1 fully saturated rings. The Morgan fingerprint density at radius 2 is 1.81 bits per heavy atom. The number of hydrogen-bond donors (Lipinski definition) is 1. The van der Waals surface area contributed by atoms with Crippen molar-refractivity contribution in [1.82, 2.24) is 5.32 Å². The lowest BCUT2D eigenvalue weighted by Crippen LogP contribution is -2.33. The van der Waals surface area contributed by atoms with Gasteiger partial charge in [0.1, 0.15) is 5.82 Å². The Kier molecular flexibility index (Phi) is 5.31. The third-order valence-electron chi connectivity index (χ3n) is 4.88. The van der Waals surface area contributed by atoms with Gasteiger partial charge in [0.15, 0.2) is 0 Å². The number of rotatable bonds is 4. The molecule has 27 heavy (non-hydrogen) atoms. The SMILES string of the molecule is CC(C)(C)c1ccccc1N1CC(C(=O)NCc2ccc(F)cc2)CC1=O. The van der Waals surface area contributed by atoms with Gasteiger partial charge in [0, 0.05) is 25.2 Å². The van der Waals surface area contributed by atoms with Gasteiger partial charge in [-0.2, -0.15) is 0 Å². The molecule has 2 aromatic carbocycles. The molecule has 1 aliphatic heterocycles. The van der Waals surface area contributed by atoms with E-state index in [1.165, 1.54) is 12.1 Å². The fourth-order valence-corrected chi connectivity index (χ4v) is 3.40. The Balaban J connectivity index is 1.69. The molecule has 0 radical (unpaired) electrons. The van der Waals surface area contributed by atoms with Gasteiger partial charge in [-0.1, -0.05) is 51.1 Å². The molecular weight excluding hydrogens is 343 g/mol. The highest BCUT2D eigenvalue weighted by Gasteiger charge is 2.36. The maximum absolute atomic E-state index is 13.0. The molecule has 0 spiro atoms. The van der Waals surface area contributed by atoms with E-state index in [-0.39, 0.29) is 35.4 Å². The summed E-state index contributed by atoms with van der Waals surface area (Å²) >= 11 is 0. The summed E-state index contributed by atoms with van der Waals surface area (Å²) in [4.78, 5) is 26.8. The van der Waals surface area contributed by atoms with Crippen LogP contribution in [0.15, 0.2) is 48.5 Å². The zero-order valence-corrected chi connectivity index (χ0v) is 16.0. The molecule has 2 amide bonds. The zero-order valence-electron chi connectivity index (χ0n) is 16.0. The van der Waals surface area contributed by atoms with Crippen LogP contribution >= 0.6 is 0 Å². The second-order valence-electron chi connectivity index (χ2n) is 8.02. The Morgan fingerprint density at radius 3 is 2.48 bits per heavy atom. The van der Waals surface area contributed by atoms with E-state index in [4.69, 9.17) is 0 Å². The summed E-state index contributed by atoms with van der Waals surface area (Å²) < 4.78 is 13.0. The zero-order chi connectivity index (χ0) is 19.6. The Bertz CT molecular complexity index is 840. The van der Waals surface area contributed by atoms with Gasteiger partial charge >= 0.3 is 0 Å². The van der Waals surface area contributed by atoms with Crippen molar-refractivity contribution < 1.29 is 14.0 Å². The van der Waals surface area contributed by atoms with Crippen molar-refractivity contribution >= 4 is 17.5 Å². The van der Waals surface area contributed by atoms with Crippen LogP contribution in [0.25, 0.3) is 0 Å². The second kappa shape index (κ2) is 7.51. The van der Waals surface area contributed by atoms with E-state index in [0.29, 0.717) is 13.1 Å². The lowest BCUT2D eigenvalue weighted by Gasteiger charge is -2.27. The van der Waals surface area contributed by atoms with Crippen molar-refractivity contribution in [2.45, 2.75) is 39.2 Å². The minimum atomic E-state index is -0.383. The number of benzene rings is 2. The molecule has 5 heteroatoms. The number of nitrogens with zero attached hydrogens (tertiary/aromatic N) is 1. The molecule has 142 valence electrons. The number of halogens is 1. The fraction of sp³-hybridized carbons (Fsp3) is 0.364. The van der Waals surface area contributed by atoms with Gasteiger partial charge in [-0.3, -0.25) is 9.59 Å². The van der Waals surface area contributed by atoms with Crippen LogP contribution in [0.2, 0.25) is 0 Å². The number of nitrogens with one attached hydrogen (secondary N) is 1. The van der Waals surface area contributed by atoms with E-state index in [2.05, 4.69) is 26.1 Å². The number of carbonyl (C=O) groups is 2. The molecule has 0 aliphatic carbocycles. The molecule has 1 N–H and O–H groups in total. The predicted octanol–water partition coefficient (Wildman–Crippen LogP) is 3.79. The summed E-state index contributed by atoms with van der Waals surface area (Å²) in [5.74, 6) is -0.873. The summed E-state index contributed by atoms with van der Waals surface area (Å²) in [5.41, 5.74) is 2.69. The summed E-state index contributed by atoms with van der Waals surface area (Å²) in [6.07, 6.45) is 0.202. The van der Waals surface area contributed by atoms with Gasteiger partial charge in [0.25, 0.3) is 0 Å². The van der Waals surface area contributed by atoms with Crippen LogP contribution in [-0.4, -0.2) is 18.4 Å². The molecule has 0 aromatic heterocycles. The molecule has 3 rings (SSSR count). The first-order chi connectivity index (χ1) is 12.8. The molecule has 1 atom stereocenters. The number of para-hydroxylation sites is 1. The first-order valence-electron chi connectivity index (χ1n) is 9.18. The topological polar surface area (TPSA) is 49.4 Å². The Hall–Kier alpha value is -2.69. The first-order valence-corrected chi connectivity index (χ1v) is 9.18. The number of amides is 2. The van der Waals surface area contributed by atoms with Gasteiger partial charge in [-0.25, -0.2) is 4.39 Å².